The lowest BCUT2D eigenvalue weighted by atomic mass is 9.99. The molecule has 3 nitrogen and oxygen atoms in total. The summed E-state index contributed by atoms with van der Waals surface area (Å²) in [6, 6.07) is 7.87. The summed E-state index contributed by atoms with van der Waals surface area (Å²) in [7, 11) is 0. The first-order valence-electron chi connectivity index (χ1n) is 6.91. The number of rotatable bonds is 6. The van der Waals surface area contributed by atoms with Crippen LogP contribution in [-0.4, -0.2) is 17.6 Å². The zero-order valence-electron chi connectivity index (χ0n) is 12.3. The predicted molar refractivity (Wildman–Crippen MR) is 87.0 cm³/mol. The highest BCUT2D eigenvalue weighted by Gasteiger charge is 2.23. The fraction of sp³-hybridized carbons (Fsp3) is 0.235. The minimum Gasteiger partial charge on any atom is -0.384 e. The summed E-state index contributed by atoms with van der Waals surface area (Å²) in [5.41, 5.74) is 0.551. The second-order valence-electron chi connectivity index (χ2n) is 5.22. The number of thiophene rings is 1. The first-order valence-corrected chi connectivity index (χ1v) is 7.85. The fourth-order valence-corrected chi connectivity index (χ4v) is 2.67. The van der Waals surface area contributed by atoms with Gasteiger partial charge in [-0.1, -0.05) is 24.3 Å². The number of nitrogens with one attached hydrogen (secondary N) is 1. The SMILES string of the molecule is CC(O)(CNC(=O)CC=Cc1ccc(F)cc1)c1ccsc1. The van der Waals surface area contributed by atoms with E-state index in [1.807, 2.05) is 16.8 Å². The van der Waals surface area contributed by atoms with Crippen molar-refractivity contribution in [2.24, 2.45) is 0 Å². The van der Waals surface area contributed by atoms with Gasteiger partial charge >= 0.3 is 0 Å². The molecule has 2 N–H and O–H groups in total. The molecule has 0 aliphatic rings. The lowest BCUT2D eigenvalue weighted by Gasteiger charge is -2.22. The lowest BCUT2D eigenvalue weighted by Crippen LogP contribution is -2.38. The molecule has 2 aromatic rings. The molecule has 1 aromatic heterocycles. The van der Waals surface area contributed by atoms with Gasteiger partial charge in [-0.3, -0.25) is 4.79 Å². The summed E-state index contributed by atoms with van der Waals surface area (Å²) in [5, 5.41) is 16.8. The van der Waals surface area contributed by atoms with E-state index in [9.17, 15) is 14.3 Å². The molecule has 22 heavy (non-hydrogen) atoms. The van der Waals surface area contributed by atoms with Crippen molar-refractivity contribution in [1.82, 2.24) is 5.32 Å². The van der Waals surface area contributed by atoms with Gasteiger partial charge in [0.15, 0.2) is 0 Å². The van der Waals surface area contributed by atoms with Crippen molar-refractivity contribution in [3.05, 3.63) is 64.1 Å². The Morgan fingerprint density at radius 2 is 2.09 bits per heavy atom. The molecular formula is C17H18FNO2S. The van der Waals surface area contributed by atoms with Gasteiger partial charge in [-0.05, 0) is 47.0 Å². The van der Waals surface area contributed by atoms with Crippen LogP contribution in [0.2, 0.25) is 0 Å². The van der Waals surface area contributed by atoms with Crippen LogP contribution in [0.5, 0.6) is 0 Å². The van der Waals surface area contributed by atoms with Crippen LogP contribution in [0.3, 0.4) is 0 Å². The average molecular weight is 319 g/mol. The number of hydrogen-bond acceptors (Lipinski definition) is 3. The average Bonchev–Trinajstić information content (AvgIpc) is 3.02. The quantitative estimate of drug-likeness (QED) is 0.858. The van der Waals surface area contributed by atoms with E-state index in [2.05, 4.69) is 5.32 Å². The van der Waals surface area contributed by atoms with E-state index >= 15 is 0 Å². The molecule has 1 aromatic carbocycles. The number of aliphatic hydroxyl groups is 1. The van der Waals surface area contributed by atoms with Gasteiger partial charge in [0.2, 0.25) is 5.91 Å². The van der Waals surface area contributed by atoms with E-state index in [1.165, 1.54) is 23.5 Å². The van der Waals surface area contributed by atoms with Crippen LogP contribution in [-0.2, 0) is 10.4 Å². The Morgan fingerprint density at radius 1 is 1.36 bits per heavy atom. The summed E-state index contributed by atoms with van der Waals surface area (Å²) >= 11 is 1.50. The second kappa shape index (κ2) is 7.33. The highest BCUT2D eigenvalue weighted by Crippen LogP contribution is 2.21. The van der Waals surface area contributed by atoms with E-state index < -0.39 is 5.60 Å². The molecule has 2 rings (SSSR count). The molecule has 0 saturated carbocycles. The van der Waals surface area contributed by atoms with Gasteiger partial charge in [-0.15, -0.1) is 0 Å². The molecule has 5 heteroatoms. The molecule has 1 amide bonds. The molecule has 1 heterocycles. The third-order valence-electron chi connectivity index (χ3n) is 3.26. The molecule has 1 unspecified atom stereocenters. The third kappa shape index (κ3) is 4.79. The van der Waals surface area contributed by atoms with Gasteiger partial charge in [0, 0.05) is 6.42 Å². The summed E-state index contributed by atoms with van der Waals surface area (Å²) in [6.07, 6.45) is 3.68. The molecule has 0 bridgehead atoms. The maximum absolute atomic E-state index is 12.8. The number of amides is 1. The Hall–Kier alpha value is -1.98. The van der Waals surface area contributed by atoms with Gasteiger partial charge < -0.3 is 10.4 Å². The van der Waals surface area contributed by atoms with E-state index in [-0.39, 0.29) is 24.7 Å². The van der Waals surface area contributed by atoms with E-state index in [0.29, 0.717) is 0 Å². The van der Waals surface area contributed by atoms with Crippen molar-refractivity contribution in [2.75, 3.05) is 6.54 Å². The monoisotopic (exact) mass is 319 g/mol. The molecular weight excluding hydrogens is 301 g/mol. The zero-order valence-corrected chi connectivity index (χ0v) is 13.1. The Labute approximate surface area is 133 Å². The first-order chi connectivity index (χ1) is 10.5. The fourth-order valence-electron chi connectivity index (χ4n) is 1.89. The Bertz CT molecular complexity index is 633. The second-order valence-corrected chi connectivity index (χ2v) is 6.00. The summed E-state index contributed by atoms with van der Waals surface area (Å²) < 4.78 is 12.8. The number of hydrogen-bond donors (Lipinski definition) is 2. The maximum atomic E-state index is 12.8. The van der Waals surface area contributed by atoms with Gasteiger partial charge in [0.05, 0.1) is 6.54 Å². The van der Waals surface area contributed by atoms with Crippen molar-refractivity contribution in [3.63, 3.8) is 0 Å². The van der Waals surface area contributed by atoms with E-state index in [4.69, 9.17) is 0 Å². The largest absolute Gasteiger partial charge is 0.384 e. The first kappa shape index (κ1) is 16.4. The standard InChI is InChI=1S/C17H18FNO2S/c1-17(21,14-9-10-22-11-14)12-19-16(20)4-2-3-13-5-7-15(18)8-6-13/h2-3,5-11,21H,4,12H2,1H3,(H,19,20). The number of halogens is 1. The number of benzene rings is 1. The van der Waals surface area contributed by atoms with Gasteiger partial charge in [0.1, 0.15) is 11.4 Å². The van der Waals surface area contributed by atoms with Gasteiger partial charge in [-0.25, -0.2) is 4.39 Å². The summed E-state index contributed by atoms with van der Waals surface area (Å²) in [5.74, 6) is -0.459. The van der Waals surface area contributed by atoms with Crippen molar-refractivity contribution in [2.45, 2.75) is 18.9 Å². The molecule has 1 atom stereocenters. The van der Waals surface area contributed by atoms with Crippen LogP contribution in [0.25, 0.3) is 6.08 Å². The molecule has 0 fully saturated rings. The topological polar surface area (TPSA) is 49.3 Å². The molecule has 0 aliphatic carbocycles. The third-order valence-corrected chi connectivity index (χ3v) is 3.94. The maximum Gasteiger partial charge on any atom is 0.223 e. The Morgan fingerprint density at radius 3 is 2.73 bits per heavy atom. The highest BCUT2D eigenvalue weighted by atomic mass is 32.1. The lowest BCUT2D eigenvalue weighted by molar-refractivity contribution is -0.121. The molecule has 0 aliphatic heterocycles. The highest BCUT2D eigenvalue weighted by molar-refractivity contribution is 7.08. The van der Waals surface area contributed by atoms with Crippen LogP contribution in [0.15, 0.2) is 47.2 Å². The van der Waals surface area contributed by atoms with Crippen molar-refractivity contribution in [1.29, 1.82) is 0 Å². The van der Waals surface area contributed by atoms with Crippen LogP contribution < -0.4 is 5.32 Å². The van der Waals surface area contributed by atoms with Gasteiger partial charge in [-0.2, -0.15) is 11.3 Å². The van der Waals surface area contributed by atoms with E-state index in [1.54, 1.807) is 31.2 Å². The number of carbonyl (C=O) groups is 1. The summed E-state index contributed by atoms with van der Waals surface area (Å²) in [6.45, 7) is 1.83. The van der Waals surface area contributed by atoms with Crippen molar-refractivity contribution >= 4 is 23.3 Å². The Balaban J connectivity index is 1.79. The minimum absolute atomic E-state index is 0.160. The predicted octanol–water partition coefficient (Wildman–Crippen LogP) is 3.31. The van der Waals surface area contributed by atoms with Crippen molar-refractivity contribution < 1.29 is 14.3 Å². The minimum atomic E-state index is -1.07. The van der Waals surface area contributed by atoms with Crippen LogP contribution in [0, 0.1) is 5.82 Å². The normalized spacial score (nSPS) is 14.0. The van der Waals surface area contributed by atoms with Gasteiger partial charge in [0.25, 0.3) is 0 Å². The van der Waals surface area contributed by atoms with Crippen LogP contribution in [0.4, 0.5) is 4.39 Å². The van der Waals surface area contributed by atoms with Crippen molar-refractivity contribution in [3.8, 4) is 0 Å². The van der Waals surface area contributed by atoms with E-state index in [0.717, 1.165) is 11.1 Å². The smallest absolute Gasteiger partial charge is 0.223 e. The number of carbonyl (C=O) groups excluding carboxylic acids is 1. The molecule has 0 spiro atoms. The molecule has 116 valence electrons. The Kier molecular flexibility index (Phi) is 5.46. The van der Waals surface area contributed by atoms with Crippen LogP contribution >= 0.6 is 11.3 Å². The zero-order chi connectivity index (χ0) is 16.0. The summed E-state index contributed by atoms with van der Waals surface area (Å²) in [4.78, 5) is 11.8. The molecule has 0 saturated heterocycles. The van der Waals surface area contributed by atoms with Crippen LogP contribution in [0.1, 0.15) is 24.5 Å². The molecule has 0 radical (unpaired) electrons.